The molecule has 0 saturated carbocycles. The van der Waals surface area contributed by atoms with Crippen LogP contribution in [-0.4, -0.2) is 37.3 Å². The van der Waals surface area contributed by atoms with Crippen molar-refractivity contribution < 1.29 is 14.6 Å². The minimum atomic E-state index is -0.947. The second-order valence-electron chi connectivity index (χ2n) is 7.04. The van der Waals surface area contributed by atoms with Crippen LogP contribution in [0.4, 0.5) is 17.1 Å². The highest BCUT2D eigenvalue weighted by atomic mass is 16.5. The van der Waals surface area contributed by atoms with Gasteiger partial charge in [0.25, 0.3) is 0 Å². The number of ether oxygens (including phenoxy) is 1. The molecule has 2 N–H and O–H groups in total. The molecule has 1 aromatic heterocycles. The fourth-order valence-corrected chi connectivity index (χ4v) is 3.52. The molecule has 1 aliphatic rings. The Hall–Kier alpha value is -3.54. The third kappa shape index (κ3) is 4.89. The lowest BCUT2D eigenvalue weighted by Crippen LogP contribution is -2.09. The number of carboxylic acid groups (broad SMARTS) is 1. The Balaban J connectivity index is 0.000000199. The molecule has 0 aliphatic heterocycles. The number of pyridine rings is 1. The van der Waals surface area contributed by atoms with Crippen LogP contribution in [0.1, 0.15) is 27.9 Å². The number of methoxy groups -OCH3 is 1. The van der Waals surface area contributed by atoms with Crippen molar-refractivity contribution in [2.75, 3.05) is 31.4 Å². The Bertz CT molecular complexity index is 1020. The maximum Gasteiger partial charge on any atom is 0.337 e. The van der Waals surface area contributed by atoms with E-state index in [1.165, 1.54) is 54.5 Å². The fraction of sp³-hybridized carbons (Fsp3) is 0.250. The van der Waals surface area contributed by atoms with Gasteiger partial charge in [-0.05, 0) is 60.7 Å². The number of nitrogens with zero attached hydrogens (tertiary/aromatic N) is 2. The van der Waals surface area contributed by atoms with Gasteiger partial charge in [0, 0.05) is 37.7 Å². The number of carboxylic acids is 1. The molecule has 1 aliphatic carbocycles. The van der Waals surface area contributed by atoms with E-state index < -0.39 is 5.97 Å². The first kappa shape index (κ1) is 21.2. The van der Waals surface area contributed by atoms with Crippen LogP contribution in [0, 0.1) is 0 Å². The van der Waals surface area contributed by atoms with Crippen molar-refractivity contribution in [3.63, 3.8) is 0 Å². The lowest BCUT2D eigenvalue weighted by Gasteiger charge is -2.21. The molecule has 0 unspecified atom stereocenters. The Morgan fingerprint density at radius 2 is 1.87 bits per heavy atom. The Morgan fingerprint density at radius 3 is 2.57 bits per heavy atom. The van der Waals surface area contributed by atoms with Crippen LogP contribution in [0.2, 0.25) is 0 Å². The van der Waals surface area contributed by atoms with E-state index in [9.17, 15) is 4.79 Å². The summed E-state index contributed by atoms with van der Waals surface area (Å²) in [6.07, 6.45) is 6.67. The van der Waals surface area contributed by atoms with Crippen molar-refractivity contribution in [2.24, 2.45) is 0 Å². The number of carbonyl (C=O) groups is 1. The summed E-state index contributed by atoms with van der Waals surface area (Å²) < 4.78 is 5.29. The van der Waals surface area contributed by atoms with Gasteiger partial charge >= 0.3 is 5.97 Å². The van der Waals surface area contributed by atoms with Gasteiger partial charge in [-0.1, -0.05) is 12.1 Å². The van der Waals surface area contributed by atoms with Crippen LogP contribution in [0.25, 0.3) is 0 Å². The van der Waals surface area contributed by atoms with Gasteiger partial charge in [0.1, 0.15) is 5.75 Å². The SMILES string of the molecule is CNc1cnccc1C(=O)O.COc1cccc(N(C)c2ccc3c(c2)CCC3)c1. The van der Waals surface area contributed by atoms with E-state index in [0.29, 0.717) is 5.69 Å². The monoisotopic (exact) mass is 405 g/mol. The highest BCUT2D eigenvalue weighted by Crippen LogP contribution is 2.31. The predicted molar refractivity (Wildman–Crippen MR) is 120 cm³/mol. The van der Waals surface area contributed by atoms with Crippen LogP contribution >= 0.6 is 0 Å². The molecular weight excluding hydrogens is 378 g/mol. The van der Waals surface area contributed by atoms with Gasteiger partial charge < -0.3 is 20.1 Å². The van der Waals surface area contributed by atoms with Crippen LogP contribution in [0.15, 0.2) is 60.9 Å². The second-order valence-corrected chi connectivity index (χ2v) is 7.04. The first-order valence-corrected chi connectivity index (χ1v) is 9.88. The fourth-order valence-electron chi connectivity index (χ4n) is 3.52. The van der Waals surface area contributed by atoms with Crippen molar-refractivity contribution in [2.45, 2.75) is 19.3 Å². The molecule has 0 amide bonds. The molecule has 0 fully saturated rings. The minimum Gasteiger partial charge on any atom is -0.497 e. The van der Waals surface area contributed by atoms with Gasteiger partial charge in [-0.2, -0.15) is 0 Å². The van der Waals surface area contributed by atoms with Crippen LogP contribution in [0.5, 0.6) is 5.75 Å². The molecule has 0 spiro atoms. The standard InChI is InChI=1S/C17H19NO.C7H8N2O2/c1-18(15-7-4-8-17(12-15)19-2)16-10-9-13-5-3-6-14(13)11-16;1-8-6-4-9-3-2-5(6)7(10)11/h4,7-12H,3,5-6H2,1-2H3;2-4,8H,1H3,(H,10,11). The number of aromatic nitrogens is 1. The first-order valence-electron chi connectivity index (χ1n) is 9.88. The molecule has 3 aromatic rings. The summed E-state index contributed by atoms with van der Waals surface area (Å²) in [7, 11) is 5.46. The van der Waals surface area contributed by atoms with E-state index in [4.69, 9.17) is 9.84 Å². The number of hydrogen-bond donors (Lipinski definition) is 2. The Morgan fingerprint density at radius 1 is 1.10 bits per heavy atom. The van der Waals surface area contributed by atoms with Crippen LogP contribution in [0.3, 0.4) is 0 Å². The van der Waals surface area contributed by atoms with E-state index in [2.05, 4.69) is 52.6 Å². The zero-order chi connectivity index (χ0) is 21.5. The van der Waals surface area contributed by atoms with Crippen LogP contribution in [-0.2, 0) is 12.8 Å². The summed E-state index contributed by atoms with van der Waals surface area (Å²) in [6.45, 7) is 0. The number of benzene rings is 2. The lowest BCUT2D eigenvalue weighted by molar-refractivity contribution is 0.0698. The van der Waals surface area contributed by atoms with E-state index in [1.807, 2.05) is 12.1 Å². The topological polar surface area (TPSA) is 74.7 Å². The van der Waals surface area contributed by atoms with E-state index >= 15 is 0 Å². The van der Waals surface area contributed by atoms with Crippen molar-refractivity contribution in [1.29, 1.82) is 0 Å². The maximum absolute atomic E-state index is 10.5. The van der Waals surface area contributed by atoms with Gasteiger partial charge in [0.05, 0.1) is 24.6 Å². The quantitative estimate of drug-likeness (QED) is 0.637. The average molecular weight is 405 g/mol. The highest BCUT2D eigenvalue weighted by molar-refractivity contribution is 5.93. The van der Waals surface area contributed by atoms with Gasteiger partial charge in [-0.25, -0.2) is 4.79 Å². The molecule has 2 aromatic carbocycles. The summed E-state index contributed by atoms with van der Waals surface area (Å²) in [6, 6.07) is 16.4. The highest BCUT2D eigenvalue weighted by Gasteiger charge is 2.13. The third-order valence-electron chi connectivity index (χ3n) is 5.23. The Kier molecular flexibility index (Phi) is 6.91. The van der Waals surface area contributed by atoms with Crippen molar-refractivity contribution in [1.82, 2.24) is 4.98 Å². The van der Waals surface area contributed by atoms with Crippen LogP contribution < -0.4 is 15.0 Å². The van der Waals surface area contributed by atoms with E-state index in [0.717, 1.165) is 11.4 Å². The Labute approximate surface area is 177 Å². The molecule has 6 nitrogen and oxygen atoms in total. The summed E-state index contributed by atoms with van der Waals surface area (Å²) >= 11 is 0. The van der Waals surface area contributed by atoms with E-state index in [1.54, 1.807) is 14.2 Å². The molecular formula is C24H27N3O3. The average Bonchev–Trinajstić information content (AvgIpc) is 3.27. The van der Waals surface area contributed by atoms with Crippen molar-refractivity contribution >= 4 is 23.0 Å². The molecule has 0 atom stereocenters. The summed E-state index contributed by atoms with van der Waals surface area (Å²) in [5.74, 6) is -0.0535. The summed E-state index contributed by atoms with van der Waals surface area (Å²) in [5, 5.41) is 11.4. The minimum absolute atomic E-state index is 0.238. The number of fused-ring (bicyclic) bond motifs is 1. The number of aromatic carboxylic acids is 1. The molecule has 0 radical (unpaired) electrons. The molecule has 156 valence electrons. The predicted octanol–water partition coefficient (Wildman–Crippen LogP) is 4.77. The number of anilines is 3. The van der Waals surface area contributed by atoms with E-state index in [-0.39, 0.29) is 5.56 Å². The number of rotatable bonds is 5. The summed E-state index contributed by atoms with van der Waals surface area (Å²) in [4.78, 5) is 16.5. The number of aryl methyl sites for hydroxylation is 2. The van der Waals surface area contributed by atoms with Gasteiger partial charge in [-0.3, -0.25) is 4.98 Å². The van der Waals surface area contributed by atoms with Gasteiger partial charge in [-0.15, -0.1) is 0 Å². The normalized spacial score (nSPS) is 11.7. The third-order valence-corrected chi connectivity index (χ3v) is 5.23. The molecule has 1 heterocycles. The van der Waals surface area contributed by atoms with Gasteiger partial charge in [0.15, 0.2) is 0 Å². The second kappa shape index (κ2) is 9.78. The molecule has 0 saturated heterocycles. The maximum atomic E-state index is 10.5. The number of hydrogen-bond acceptors (Lipinski definition) is 5. The lowest BCUT2D eigenvalue weighted by atomic mass is 10.1. The zero-order valence-corrected chi connectivity index (χ0v) is 17.6. The largest absolute Gasteiger partial charge is 0.497 e. The smallest absolute Gasteiger partial charge is 0.337 e. The molecule has 0 bridgehead atoms. The molecule has 30 heavy (non-hydrogen) atoms. The number of nitrogens with one attached hydrogen (secondary N) is 1. The molecule has 6 heteroatoms. The molecule has 4 rings (SSSR count). The summed E-state index contributed by atoms with van der Waals surface area (Å²) in [5.41, 5.74) is 6.18. The van der Waals surface area contributed by atoms with Crippen molar-refractivity contribution in [3.05, 3.63) is 77.6 Å². The van der Waals surface area contributed by atoms with Crippen molar-refractivity contribution in [3.8, 4) is 5.75 Å². The zero-order valence-electron chi connectivity index (χ0n) is 17.6. The first-order chi connectivity index (χ1) is 14.5. The van der Waals surface area contributed by atoms with Gasteiger partial charge in [0.2, 0.25) is 0 Å².